The van der Waals surface area contributed by atoms with Crippen molar-refractivity contribution in [1.29, 1.82) is 0 Å². The summed E-state index contributed by atoms with van der Waals surface area (Å²) in [7, 11) is 0. The summed E-state index contributed by atoms with van der Waals surface area (Å²) in [5.74, 6) is 0.464. The van der Waals surface area contributed by atoms with Gasteiger partial charge < -0.3 is 10.2 Å². The SMILES string of the molecule is CCCC(CC(O)CC)CC(O)(CC)CCC. The van der Waals surface area contributed by atoms with Gasteiger partial charge >= 0.3 is 0 Å². The van der Waals surface area contributed by atoms with Gasteiger partial charge in [-0.3, -0.25) is 0 Å². The summed E-state index contributed by atoms with van der Waals surface area (Å²) in [6.07, 6.45) is 7.29. The first kappa shape index (κ1) is 16.9. The first-order valence-electron chi connectivity index (χ1n) is 7.41. The molecule has 0 amide bonds. The number of hydrogen-bond donors (Lipinski definition) is 2. The van der Waals surface area contributed by atoms with Gasteiger partial charge in [-0.25, -0.2) is 0 Å². The number of aliphatic hydroxyl groups is 2. The summed E-state index contributed by atoms with van der Waals surface area (Å²) in [6, 6.07) is 0. The summed E-state index contributed by atoms with van der Waals surface area (Å²) in [4.78, 5) is 0. The molecule has 0 rings (SSSR count). The Balaban J connectivity index is 4.38. The maximum absolute atomic E-state index is 10.5. The quantitative estimate of drug-likeness (QED) is 0.612. The van der Waals surface area contributed by atoms with Crippen molar-refractivity contribution in [3.05, 3.63) is 0 Å². The van der Waals surface area contributed by atoms with E-state index in [4.69, 9.17) is 0 Å². The van der Waals surface area contributed by atoms with Crippen LogP contribution in [0, 0.1) is 5.92 Å². The average Bonchev–Trinajstić information content (AvgIpc) is 2.29. The molecule has 17 heavy (non-hydrogen) atoms. The summed E-state index contributed by atoms with van der Waals surface area (Å²) >= 11 is 0. The zero-order chi connectivity index (χ0) is 13.3. The van der Waals surface area contributed by atoms with Gasteiger partial charge in [0.05, 0.1) is 11.7 Å². The molecule has 0 aromatic rings. The largest absolute Gasteiger partial charge is 0.393 e. The van der Waals surface area contributed by atoms with Crippen LogP contribution < -0.4 is 0 Å². The van der Waals surface area contributed by atoms with E-state index >= 15 is 0 Å². The Hall–Kier alpha value is -0.0800. The molecule has 2 heteroatoms. The van der Waals surface area contributed by atoms with Crippen LogP contribution in [0.3, 0.4) is 0 Å². The third-order valence-electron chi connectivity index (χ3n) is 3.82. The second-order valence-electron chi connectivity index (χ2n) is 5.48. The molecule has 3 atom stereocenters. The fraction of sp³-hybridized carbons (Fsp3) is 1.00. The van der Waals surface area contributed by atoms with Crippen molar-refractivity contribution in [3.63, 3.8) is 0 Å². The lowest BCUT2D eigenvalue weighted by atomic mass is 9.80. The molecular formula is C15H32O2. The highest BCUT2D eigenvalue weighted by Gasteiger charge is 2.28. The van der Waals surface area contributed by atoms with Crippen LogP contribution in [-0.4, -0.2) is 21.9 Å². The molecule has 0 aromatic carbocycles. The molecule has 0 aromatic heterocycles. The van der Waals surface area contributed by atoms with Crippen molar-refractivity contribution in [3.8, 4) is 0 Å². The summed E-state index contributed by atoms with van der Waals surface area (Å²) in [5.41, 5.74) is -0.512. The van der Waals surface area contributed by atoms with E-state index in [0.29, 0.717) is 5.92 Å². The van der Waals surface area contributed by atoms with Gasteiger partial charge in [-0.1, -0.05) is 47.0 Å². The van der Waals surface area contributed by atoms with E-state index in [1.807, 2.05) is 6.92 Å². The average molecular weight is 244 g/mol. The molecule has 0 saturated carbocycles. The Labute approximate surface area is 107 Å². The van der Waals surface area contributed by atoms with Crippen LogP contribution in [0.15, 0.2) is 0 Å². The van der Waals surface area contributed by atoms with Gasteiger partial charge in [0, 0.05) is 0 Å². The Morgan fingerprint density at radius 2 is 1.71 bits per heavy atom. The van der Waals surface area contributed by atoms with Gasteiger partial charge in [-0.15, -0.1) is 0 Å². The van der Waals surface area contributed by atoms with E-state index in [0.717, 1.165) is 51.4 Å². The van der Waals surface area contributed by atoms with E-state index in [1.54, 1.807) is 0 Å². The fourth-order valence-electron chi connectivity index (χ4n) is 2.69. The van der Waals surface area contributed by atoms with Gasteiger partial charge in [0.1, 0.15) is 0 Å². The minimum Gasteiger partial charge on any atom is -0.393 e. The summed E-state index contributed by atoms with van der Waals surface area (Å²) in [5, 5.41) is 20.3. The predicted octanol–water partition coefficient (Wildman–Crippen LogP) is 3.90. The van der Waals surface area contributed by atoms with E-state index in [2.05, 4.69) is 20.8 Å². The standard InChI is InChI=1S/C15H32O2/c1-5-9-13(11-14(16)7-3)12-15(17,8-4)10-6-2/h13-14,16-17H,5-12H2,1-4H3. The summed E-state index contributed by atoms with van der Waals surface area (Å²) < 4.78 is 0. The van der Waals surface area contributed by atoms with Crippen LogP contribution in [0.2, 0.25) is 0 Å². The van der Waals surface area contributed by atoms with Crippen molar-refractivity contribution in [2.24, 2.45) is 5.92 Å². The zero-order valence-corrected chi connectivity index (χ0v) is 12.2. The highest BCUT2D eigenvalue weighted by atomic mass is 16.3. The fourth-order valence-corrected chi connectivity index (χ4v) is 2.69. The zero-order valence-electron chi connectivity index (χ0n) is 12.2. The van der Waals surface area contributed by atoms with Crippen molar-refractivity contribution in [1.82, 2.24) is 0 Å². The maximum atomic E-state index is 10.5. The first-order chi connectivity index (χ1) is 8.01. The minimum atomic E-state index is -0.512. The van der Waals surface area contributed by atoms with Gasteiger partial charge in [0.25, 0.3) is 0 Å². The Kier molecular flexibility index (Phi) is 8.89. The molecule has 2 N–H and O–H groups in total. The lowest BCUT2D eigenvalue weighted by molar-refractivity contribution is -0.00618. The molecule has 0 radical (unpaired) electrons. The second-order valence-corrected chi connectivity index (χ2v) is 5.48. The van der Waals surface area contributed by atoms with E-state index in [9.17, 15) is 10.2 Å². The number of rotatable bonds is 10. The first-order valence-corrected chi connectivity index (χ1v) is 7.41. The van der Waals surface area contributed by atoms with Crippen molar-refractivity contribution in [2.75, 3.05) is 0 Å². The monoisotopic (exact) mass is 244 g/mol. The van der Waals surface area contributed by atoms with Gasteiger partial charge in [0.15, 0.2) is 0 Å². The summed E-state index contributed by atoms with van der Waals surface area (Å²) in [6.45, 7) is 8.38. The van der Waals surface area contributed by atoms with Gasteiger partial charge in [-0.2, -0.15) is 0 Å². The maximum Gasteiger partial charge on any atom is 0.0647 e. The predicted molar refractivity (Wildman–Crippen MR) is 74.1 cm³/mol. The van der Waals surface area contributed by atoms with Crippen molar-refractivity contribution >= 4 is 0 Å². The molecule has 0 fully saturated rings. The van der Waals surface area contributed by atoms with Crippen molar-refractivity contribution < 1.29 is 10.2 Å². The highest BCUT2D eigenvalue weighted by molar-refractivity contribution is 4.81. The Bertz CT molecular complexity index is 182. The smallest absolute Gasteiger partial charge is 0.0647 e. The second kappa shape index (κ2) is 8.93. The van der Waals surface area contributed by atoms with E-state index < -0.39 is 5.60 Å². The molecule has 0 saturated heterocycles. The lowest BCUT2D eigenvalue weighted by Crippen LogP contribution is -2.31. The topological polar surface area (TPSA) is 40.5 Å². The van der Waals surface area contributed by atoms with E-state index in [-0.39, 0.29) is 6.10 Å². The molecule has 0 spiro atoms. The van der Waals surface area contributed by atoms with Gasteiger partial charge in [0.2, 0.25) is 0 Å². The van der Waals surface area contributed by atoms with Crippen LogP contribution in [0.25, 0.3) is 0 Å². The molecule has 0 aliphatic carbocycles. The molecule has 0 aliphatic rings. The number of hydrogen-bond acceptors (Lipinski definition) is 2. The van der Waals surface area contributed by atoms with Crippen LogP contribution in [0.1, 0.15) is 79.1 Å². The molecule has 0 aliphatic heterocycles. The normalized spacial score (nSPS) is 18.7. The third kappa shape index (κ3) is 7.05. The number of aliphatic hydroxyl groups excluding tert-OH is 1. The van der Waals surface area contributed by atoms with Crippen LogP contribution in [0.5, 0.6) is 0 Å². The highest BCUT2D eigenvalue weighted by Crippen LogP contribution is 2.31. The van der Waals surface area contributed by atoms with Crippen LogP contribution >= 0.6 is 0 Å². The van der Waals surface area contributed by atoms with Crippen LogP contribution in [-0.2, 0) is 0 Å². The Morgan fingerprint density at radius 1 is 1.06 bits per heavy atom. The lowest BCUT2D eigenvalue weighted by Gasteiger charge is -2.32. The molecular weight excluding hydrogens is 212 g/mol. The van der Waals surface area contributed by atoms with E-state index in [1.165, 1.54) is 0 Å². The van der Waals surface area contributed by atoms with Crippen LogP contribution in [0.4, 0.5) is 0 Å². The Morgan fingerprint density at radius 3 is 2.12 bits per heavy atom. The minimum absolute atomic E-state index is 0.200. The third-order valence-corrected chi connectivity index (χ3v) is 3.82. The molecule has 0 bridgehead atoms. The molecule has 104 valence electrons. The molecule has 3 unspecified atom stereocenters. The molecule has 2 nitrogen and oxygen atoms in total. The molecule has 0 heterocycles. The van der Waals surface area contributed by atoms with Crippen molar-refractivity contribution in [2.45, 2.75) is 90.8 Å². The van der Waals surface area contributed by atoms with Gasteiger partial charge in [-0.05, 0) is 38.0 Å².